The fourth-order valence-corrected chi connectivity index (χ4v) is 3.35. The Bertz CT molecular complexity index is 909. The molecule has 7 nitrogen and oxygen atoms in total. The van der Waals surface area contributed by atoms with Crippen molar-refractivity contribution in [1.29, 1.82) is 0 Å². The lowest BCUT2D eigenvalue weighted by Crippen LogP contribution is -2.13. The third-order valence-electron chi connectivity index (χ3n) is 3.13. The van der Waals surface area contributed by atoms with E-state index < -0.39 is 22.0 Å². The molecule has 0 aliphatic heterocycles. The van der Waals surface area contributed by atoms with Gasteiger partial charge in [0.2, 0.25) is 0 Å². The highest BCUT2D eigenvalue weighted by Crippen LogP contribution is 2.23. The van der Waals surface area contributed by atoms with Crippen LogP contribution in [0.25, 0.3) is 0 Å². The van der Waals surface area contributed by atoms with E-state index in [1.165, 1.54) is 24.3 Å². The number of sulfonamides is 1. The van der Waals surface area contributed by atoms with E-state index in [-0.39, 0.29) is 27.8 Å². The highest BCUT2D eigenvalue weighted by molar-refractivity contribution is 7.92. The summed E-state index contributed by atoms with van der Waals surface area (Å²) in [4.78, 5) is 22.3. The molecule has 0 aromatic heterocycles. The van der Waals surface area contributed by atoms with Crippen molar-refractivity contribution in [3.05, 3.63) is 58.6 Å². The molecule has 2 rings (SSSR count). The second-order valence-electron chi connectivity index (χ2n) is 4.85. The third kappa shape index (κ3) is 4.49. The minimum atomic E-state index is -3.97. The summed E-state index contributed by atoms with van der Waals surface area (Å²) in [6.45, 7) is 1.92. The Morgan fingerprint density at radius 2 is 1.80 bits per heavy atom. The number of aromatic carboxylic acids is 1. The molecule has 2 N–H and O–H groups in total. The van der Waals surface area contributed by atoms with Crippen molar-refractivity contribution in [2.24, 2.45) is 0 Å². The van der Waals surface area contributed by atoms with Crippen LogP contribution in [0, 0.1) is 0 Å². The molecule has 0 aliphatic carbocycles. The second kappa shape index (κ2) is 7.54. The predicted octanol–water partition coefficient (Wildman–Crippen LogP) is 3.02. The van der Waals surface area contributed by atoms with Crippen molar-refractivity contribution in [3.63, 3.8) is 0 Å². The number of hydrogen-bond acceptors (Lipinski definition) is 5. The van der Waals surface area contributed by atoms with Gasteiger partial charge < -0.3 is 9.84 Å². The highest BCUT2D eigenvalue weighted by atomic mass is 35.5. The average Bonchev–Trinajstić information content (AvgIpc) is 2.55. The number of nitrogens with one attached hydrogen (secondary N) is 1. The molecule has 0 atom stereocenters. The van der Waals surface area contributed by atoms with Crippen LogP contribution in [0.5, 0.6) is 0 Å². The first-order chi connectivity index (χ1) is 11.7. The van der Waals surface area contributed by atoms with E-state index in [1.54, 1.807) is 6.92 Å². The molecule has 2 aromatic rings. The summed E-state index contributed by atoms with van der Waals surface area (Å²) in [7, 11) is -3.97. The molecule has 2 aromatic carbocycles. The molecule has 0 bridgehead atoms. The Kier molecular flexibility index (Phi) is 5.66. The van der Waals surface area contributed by atoms with E-state index in [2.05, 4.69) is 4.72 Å². The minimum absolute atomic E-state index is 0.183. The van der Waals surface area contributed by atoms with Crippen LogP contribution < -0.4 is 4.72 Å². The monoisotopic (exact) mass is 383 g/mol. The molecule has 0 aliphatic rings. The molecule has 0 fully saturated rings. The summed E-state index contributed by atoms with van der Waals surface area (Å²) >= 11 is 5.79. The van der Waals surface area contributed by atoms with Crippen molar-refractivity contribution >= 4 is 39.3 Å². The van der Waals surface area contributed by atoms with Crippen LogP contribution in [-0.4, -0.2) is 32.1 Å². The Hall–Kier alpha value is -2.58. The van der Waals surface area contributed by atoms with Crippen molar-refractivity contribution in [2.45, 2.75) is 11.8 Å². The molecular weight excluding hydrogens is 370 g/mol. The van der Waals surface area contributed by atoms with Gasteiger partial charge in [0, 0.05) is 5.69 Å². The molecule has 0 amide bonds. The summed E-state index contributed by atoms with van der Waals surface area (Å²) in [5, 5.41) is 8.73. The first-order valence-electron chi connectivity index (χ1n) is 7.07. The number of ether oxygens (including phenoxy) is 1. The maximum absolute atomic E-state index is 12.3. The number of rotatable bonds is 6. The van der Waals surface area contributed by atoms with Gasteiger partial charge in [-0.1, -0.05) is 11.6 Å². The maximum atomic E-state index is 12.3. The minimum Gasteiger partial charge on any atom is -0.478 e. The summed E-state index contributed by atoms with van der Waals surface area (Å²) in [5.74, 6) is -1.76. The summed E-state index contributed by atoms with van der Waals surface area (Å²) in [6, 6.07) is 8.99. The Morgan fingerprint density at radius 1 is 1.16 bits per heavy atom. The van der Waals surface area contributed by atoms with E-state index in [9.17, 15) is 18.0 Å². The summed E-state index contributed by atoms with van der Waals surface area (Å²) < 4.78 is 31.9. The largest absolute Gasteiger partial charge is 0.478 e. The maximum Gasteiger partial charge on any atom is 0.338 e. The lowest BCUT2D eigenvalue weighted by molar-refractivity contribution is 0.0526. The van der Waals surface area contributed by atoms with Crippen LogP contribution >= 0.6 is 11.6 Å². The van der Waals surface area contributed by atoms with Crippen molar-refractivity contribution in [3.8, 4) is 0 Å². The summed E-state index contributed by atoms with van der Waals surface area (Å²) in [6.07, 6.45) is 0. The first-order valence-corrected chi connectivity index (χ1v) is 8.93. The molecule has 0 saturated heterocycles. The van der Waals surface area contributed by atoms with Gasteiger partial charge in [0.05, 0.1) is 27.7 Å². The van der Waals surface area contributed by atoms with Gasteiger partial charge in [-0.25, -0.2) is 18.0 Å². The van der Waals surface area contributed by atoms with Crippen molar-refractivity contribution in [1.82, 2.24) is 0 Å². The number of benzene rings is 2. The fraction of sp³-hybridized carbons (Fsp3) is 0.125. The molecular formula is C16H14ClNO6S. The van der Waals surface area contributed by atoms with Crippen LogP contribution in [0.15, 0.2) is 47.4 Å². The Labute approximate surface area is 149 Å². The second-order valence-corrected chi connectivity index (χ2v) is 6.94. The lowest BCUT2D eigenvalue weighted by Gasteiger charge is -2.10. The SMILES string of the molecule is CCOC(=O)c1ccc(NS(=O)(=O)c2ccc(C(=O)O)c(Cl)c2)cc1. The van der Waals surface area contributed by atoms with Gasteiger partial charge in [0.25, 0.3) is 10.0 Å². The van der Waals surface area contributed by atoms with Gasteiger partial charge in [0.15, 0.2) is 0 Å². The lowest BCUT2D eigenvalue weighted by atomic mass is 10.2. The first kappa shape index (κ1) is 18.8. The number of halogens is 1. The number of esters is 1. The van der Waals surface area contributed by atoms with Crippen LogP contribution in [0.3, 0.4) is 0 Å². The number of hydrogen-bond donors (Lipinski definition) is 2. The quantitative estimate of drug-likeness (QED) is 0.742. The smallest absolute Gasteiger partial charge is 0.338 e. The number of carbonyl (C=O) groups excluding carboxylic acids is 1. The zero-order valence-corrected chi connectivity index (χ0v) is 14.6. The van der Waals surface area contributed by atoms with Crippen molar-refractivity contribution < 1.29 is 27.9 Å². The van der Waals surface area contributed by atoms with Crippen LogP contribution in [0.1, 0.15) is 27.6 Å². The zero-order chi connectivity index (χ0) is 18.6. The predicted molar refractivity (Wildman–Crippen MR) is 91.6 cm³/mol. The Balaban J connectivity index is 2.22. The highest BCUT2D eigenvalue weighted by Gasteiger charge is 2.18. The van der Waals surface area contributed by atoms with Gasteiger partial charge >= 0.3 is 11.9 Å². The van der Waals surface area contributed by atoms with Gasteiger partial charge in [-0.15, -0.1) is 0 Å². The number of anilines is 1. The normalized spacial score (nSPS) is 11.0. The number of carboxylic acid groups (broad SMARTS) is 1. The third-order valence-corrected chi connectivity index (χ3v) is 4.82. The van der Waals surface area contributed by atoms with Crippen LogP contribution in [0.4, 0.5) is 5.69 Å². The molecule has 0 heterocycles. The van der Waals surface area contributed by atoms with E-state index in [0.717, 1.165) is 18.2 Å². The van der Waals surface area contributed by atoms with Gasteiger partial charge in [-0.05, 0) is 49.4 Å². The van der Waals surface area contributed by atoms with E-state index >= 15 is 0 Å². The van der Waals surface area contributed by atoms with E-state index in [1.807, 2.05) is 0 Å². The molecule has 9 heteroatoms. The zero-order valence-electron chi connectivity index (χ0n) is 13.0. The molecule has 0 saturated carbocycles. The Morgan fingerprint density at radius 3 is 2.32 bits per heavy atom. The molecule has 25 heavy (non-hydrogen) atoms. The molecule has 132 valence electrons. The molecule has 0 radical (unpaired) electrons. The number of carboxylic acids is 1. The summed E-state index contributed by atoms with van der Waals surface area (Å²) in [5.41, 5.74) is 0.324. The standard InChI is InChI=1S/C16H14ClNO6S/c1-2-24-16(21)10-3-5-11(6-4-10)18-25(22,23)12-7-8-13(15(19)20)14(17)9-12/h3-9,18H,2H2,1H3,(H,19,20). The van der Waals surface area contributed by atoms with E-state index in [0.29, 0.717) is 5.56 Å². The van der Waals surface area contributed by atoms with Crippen molar-refractivity contribution in [2.75, 3.05) is 11.3 Å². The number of carbonyl (C=O) groups is 2. The fourth-order valence-electron chi connectivity index (χ4n) is 1.94. The average molecular weight is 384 g/mol. The van der Waals surface area contributed by atoms with Gasteiger partial charge in [-0.2, -0.15) is 0 Å². The molecule has 0 unspecified atom stereocenters. The van der Waals surface area contributed by atoms with E-state index in [4.69, 9.17) is 21.4 Å². The van der Waals surface area contributed by atoms with Crippen LogP contribution in [-0.2, 0) is 14.8 Å². The topological polar surface area (TPSA) is 110 Å². The van der Waals surface area contributed by atoms with Crippen LogP contribution in [0.2, 0.25) is 5.02 Å². The van der Waals surface area contributed by atoms with Gasteiger partial charge in [0.1, 0.15) is 0 Å². The van der Waals surface area contributed by atoms with Gasteiger partial charge in [-0.3, -0.25) is 4.72 Å². The molecule has 0 spiro atoms.